The number of benzene rings is 2. The summed E-state index contributed by atoms with van der Waals surface area (Å²) < 4.78 is 0. The average Bonchev–Trinajstić information content (AvgIpc) is 2.20. The van der Waals surface area contributed by atoms with Crippen molar-refractivity contribution in [3.8, 4) is 11.5 Å². The lowest BCUT2D eigenvalue weighted by Gasteiger charge is -2.06. The SMILES string of the molecule is CCCc1cc2cc(O)ccc2cc1O. The van der Waals surface area contributed by atoms with Gasteiger partial charge in [0, 0.05) is 0 Å². The van der Waals surface area contributed by atoms with Gasteiger partial charge in [-0.15, -0.1) is 0 Å². The molecule has 0 heterocycles. The van der Waals surface area contributed by atoms with E-state index in [-0.39, 0.29) is 5.75 Å². The number of phenols is 2. The van der Waals surface area contributed by atoms with Crippen LogP contribution in [0.1, 0.15) is 18.9 Å². The van der Waals surface area contributed by atoms with Crippen LogP contribution < -0.4 is 0 Å². The molecule has 2 aromatic rings. The summed E-state index contributed by atoms with van der Waals surface area (Å²) in [5.41, 5.74) is 0.940. The van der Waals surface area contributed by atoms with Gasteiger partial charge in [-0.25, -0.2) is 0 Å². The first kappa shape index (κ1) is 9.84. The molecular formula is C13H14O2. The fourth-order valence-electron chi connectivity index (χ4n) is 1.79. The summed E-state index contributed by atoms with van der Waals surface area (Å²) in [5, 5.41) is 21.0. The van der Waals surface area contributed by atoms with Gasteiger partial charge in [-0.1, -0.05) is 19.4 Å². The number of phenolic OH excluding ortho intramolecular Hbond substituents is 2. The van der Waals surface area contributed by atoms with Crippen molar-refractivity contribution in [3.63, 3.8) is 0 Å². The third-order valence-corrected chi connectivity index (χ3v) is 2.54. The molecule has 2 nitrogen and oxygen atoms in total. The van der Waals surface area contributed by atoms with E-state index in [9.17, 15) is 10.2 Å². The molecule has 2 aromatic carbocycles. The standard InChI is InChI=1S/C13H14O2/c1-2-3-10-6-11-7-12(14)5-4-9(11)8-13(10)15/h4-8,14-15H,2-3H2,1H3. The summed E-state index contributed by atoms with van der Waals surface area (Å²) in [6.07, 6.45) is 1.86. The molecule has 0 aliphatic rings. The highest BCUT2D eigenvalue weighted by Crippen LogP contribution is 2.28. The molecule has 2 heteroatoms. The lowest BCUT2D eigenvalue weighted by molar-refractivity contribution is 0.468. The quantitative estimate of drug-likeness (QED) is 0.785. The largest absolute Gasteiger partial charge is 0.508 e. The van der Waals surface area contributed by atoms with Crippen LogP contribution in [0.15, 0.2) is 30.3 Å². The maximum atomic E-state index is 9.75. The first-order chi connectivity index (χ1) is 7.20. The molecule has 2 N–H and O–H groups in total. The van der Waals surface area contributed by atoms with E-state index in [2.05, 4.69) is 6.92 Å². The van der Waals surface area contributed by atoms with Crippen molar-refractivity contribution in [2.24, 2.45) is 0 Å². The number of hydrogen-bond donors (Lipinski definition) is 2. The first-order valence-electron chi connectivity index (χ1n) is 5.15. The van der Waals surface area contributed by atoms with Crippen LogP contribution in [0.2, 0.25) is 0 Å². The van der Waals surface area contributed by atoms with Crippen molar-refractivity contribution in [1.82, 2.24) is 0 Å². The van der Waals surface area contributed by atoms with Gasteiger partial charge >= 0.3 is 0 Å². The second kappa shape index (κ2) is 3.81. The van der Waals surface area contributed by atoms with Gasteiger partial charge in [0.2, 0.25) is 0 Å². The molecule has 0 spiro atoms. The first-order valence-corrected chi connectivity index (χ1v) is 5.15. The number of fused-ring (bicyclic) bond motifs is 1. The zero-order chi connectivity index (χ0) is 10.8. The fourth-order valence-corrected chi connectivity index (χ4v) is 1.79. The van der Waals surface area contributed by atoms with Gasteiger partial charge in [-0.05, 0) is 47.0 Å². The molecule has 0 unspecified atom stereocenters. The highest BCUT2D eigenvalue weighted by Gasteiger charge is 2.03. The Bertz CT molecular complexity index is 489. The molecule has 15 heavy (non-hydrogen) atoms. The molecule has 0 amide bonds. The predicted molar refractivity (Wildman–Crippen MR) is 61.3 cm³/mol. The Morgan fingerprint density at radius 2 is 1.80 bits per heavy atom. The van der Waals surface area contributed by atoms with Gasteiger partial charge in [0.1, 0.15) is 11.5 Å². The summed E-state index contributed by atoms with van der Waals surface area (Å²) in [6, 6.07) is 8.84. The Morgan fingerprint density at radius 3 is 2.53 bits per heavy atom. The molecule has 0 bridgehead atoms. The summed E-state index contributed by atoms with van der Waals surface area (Å²) in [5.74, 6) is 0.602. The van der Waals surface area contributed by atoms with E-state index in [1.54, 1.807) is 24.3 Å². The van der Waals surface area contributed by atoms with Crippen LogP contribution in [0, 0.1) is 0 Å². The molecule has 0 fully saturated rings. The Kier molecular flexibility index (Phi) is 2.50. The van der Waals surface area contributed by atoms with E-state index in [4.69, 9.17) is 0 Å². The highest BCUT2D eigenvalue weighted by atomic mass is 16.3. The average molecular weight is 202 g/mol. The minimum Gasteiger partial charge on any atom is -0.508 e. The summed E-state index contributed by atoms with van der Waals surface area (Å²) >= 11 is 0. The Balaban J connectivity index is 2.61. The smallest absolute Gasteiger partial charge is 0.119 e. The van der Waals surface area contributed by atoms with Crippen LogP contribution in [-0.4, -0.2) is 10.2 Å². The van der Waals surface area contributed by atoms with Crippen molar-refractivity contribution in [2.75, 3.05) is 0 Å². The number of aryl methyl sites for hydroxylation is 1. The molecule has 0 aromatic heterocycles. The van der Waals surface area contributed by atoms with Crippen LogP contribution in [0.25, 0.3) is 10.8 Å². The van der Waals surface area contributed by atoms with Gasteiger partial charge in [0.25, 0.3) is 0 Å². The van der Waals surface area contributed by atoms with Gasteiger partial charge < -0.3 is 10.2 Å². The third-order valence-electron chi connectivity index (χ3n) is 2.54. The van der Waals surface area contributed by atoms with Crippen molar-refractivity contribution in [1.29, 1.82) is 0 Å². The Hall–Kier alpha value is -1.70. The number of aromatic hydroxyl groups is 2. The Morgan fingerprint density at radius 1 is 1.00 bits per heavy atom. The second-order valence-corrected chi connectivity index (χ2v) is 3.76. The molecule has 0 atom stereocenters. The molecule has 0 aliphatic carbocycles. The van der Waals surface area contributed by atoms with Crippen molar-refractivity contribution in [3.05, 3.63) is 35.9 Å². The predicted octanol–water partition coefficient (Wildman–Crippen LogP) is 3.20. The highest BCUT2D eigenvalue weighted by molar-refractivity contribution is 5.86. The summed E-state index contributed by atoms with van der Waals surface area (Å²) in [4.78, 5) is 0. The van der Waals surface area contributed by atoms with Crippen LogP contribution in [0.3, 0.4) is 0 Å². The second-order valence-electron chi connectivity index (χ2n) is 3.76. The zero-order valence-electron chi connectivity index (χ0n) is 8.70. The van der Waals surface area contributed by atoms with E-state index in [0.717, 1.165) is 29.2 Å². The lowest BCUT2D eigenvalue weighted by Crippen LogP contribution is -1.85. The number of rotatable bonds is 2. The van der Waals surface area contributed by atoms with Gasteiger partial charge in [0.05, 0.1) is 0 Å². The zero-order valence-corrected chi connectivity index (χ0v) is 8.70. The van der Waals surface area contributed by atoms with E-state index in [1.165, 1.54) is 0 Å². The van der Waals surface area contributed by atoms with E-state index in [0.29, 0.717) is 5.75 Å². The Labute approximate surface area is 88.8 Å². The monoisotopic (exact) mass is 202 g/mol. The minimum atomic E-state index is 0.260. The van der Waals surface area contributed by atoms with Crippen molar-refractivity contribution < 1.29 is 10.2 Å². The van der Waals surface area contributed by atoms with Crippen LogP contribution in [0.4, 0.5) is 0 Å². The normalized spacial score (nSPS) is 10.7. The van der Waals surface area contributed by atoms with Crippen LogP contribution in [-0.2, 0) is 6.42 Å². The minimum absolute atomic E-state index is 0.260. The topological polar surface area (TPSA) is 40.5 Å². The van der Waals surface area contributed by atoms with E-state index < -0.39 is 0 Å². The van der Waals surface area contributed by atoms with Crippen LogP contribution >= 0.6 is 0 Å². The maximum absolute atomic E-state index is 9.75. The lowest BCUT2D eigenvalue weighted by atomic mass is 10.0. The van der Waals surface area contributed by atoms with Crippen LogP contribution in [0.5, 0.6) is 11.5 Å². The van der Waals surface area contributed by atoms with Gasteiger partial charge in [-0.2, -0.15) is 0 Å². The molecule has 2 rings (SSSR count). The molecule has 0 saturated heterocycles. The maximum Gasteiger partial charge on any atom is 0.119 e. The molecule has 78 valence electrons. The summed E-state index contributed by atoms with van der Waals surface area (Å²) in [7, 11) is 0. The molecular weight excluding hydrogens is 188 g/mol. The van der Waals surface area contributed by atoms with E-state index >= 15 is 0 Å². The molecule has 0 radical (unpaired) electrons. The van der Waals surface area contributed by atoms with Crippen molar-refractivity contribution >= 4 is 10.8 Å². The third kappa shape index (κ3) is 1.89. The fraction of sp³-hybridized carbons (Fsp3) is 0.231. The van der Waals surface area contributed by atoms with E-state index in [1.807, 2.05) is 6.07 Å². The summed E-state index contributed by atoms with van der Waals surface area (Å²) in [6.45, 7) is 2.08. The number of hydrogen-bond acceptors (Lipinski definition) is 2. The molecule has 0 aliphatic heterocycles. The van der Waals surface area contributed by atoms with Crippen molar-refractivity contribution in [2.45, 2.75) is 19.8 Å². The van der Waals surface area contributed by atoms with Gasteiger partial charge in [-0.3, -0.25) is 0 Å². The molecule has 0 saturated carbocycles. The van der Waals surface area contributed by atoms with Gasteiger partial charge in [0.15, 0.2) is 0 Å².